The van der Waals surface area contributed by atoms with Crippen LogP contribution in [0.4, 0.5) is 0 Å². The third kappa shape index (κ3) is 6.10. The quantitative estimate of drug-likeness (QED) is 0.628. The minimum absolute atomic E-state index is 0.368. The number of piperidine rings is 1. The molecule has 15 heavy (non-hydrogen) atoms. The number of ether oxygens (including phenoxy) is 2. The Balaban J connectivity index is 1.90. The molecule has 90 valence electrons. The number of rotatable bonds is 7. The van der Waals surface area contributed by atoms with Crippen molar-refractivity contribution in [1.82, 2.24) is 4.90 Å². The molecule has 0 amide bonds. The first-order chi connectivity index (χ1) is 7.33. The summed E-state index contributed by atoms with van der Waals surface area (Å²) in [5, 5.41) is 0. The van der Waals surface area contributed by atoms with Crippen LogP contribution in [0, 0.1) is 0 Å². The lowest BCUT2D eigenvalue weighted by Gasteiger charge is -2.30. The van der Waals surface area contributed by atoms with Crippen LogP contribution in [0.5, 0.6) is 0 Å². The van der Waals surface area contributed by atoms with Crippen LogP contribution in [0.25, 0.3) is 0 Å². The number of methoxy groups -OCH3 is 1. The lowest BCUT2D eigenvalue weighted by molar-refractivity contribution is 0.0769. The second-order valence-electron chi connectivity index (χ2n) is 4.16. The van der Waals surface area contributed by atoms with E-state index in [4.69, 9.17) is 15.2 Å². The second kappa shape index (κ2) is 8.05. The molecule has 0 aromatic rings. The Bertz CT molecular complexity index is 156. The van der Waals surface area contributed by atoms with E-state index in [1.807, 2.05) is 0 Å². The summed E-state index contributed by atoms with van der Waals surface area (Å²) in [6, 6.07) is 0.368. The maximum atomic E-state index is 5.90. The van der Waals surface area contributed by atoms with Crippen molar-refractivity contribution in [3.8, 4) is 0 Å². The molecular weight excluding hydrogens is 192 g/mol. The molecule has 0 spiro atoms. The first-order valence-electron chi connectivity index (χ1n) is 5.87. The van der Waals surface area contributed by atoms with Crippen LogP contribution in [0.1, 0.15) is 19.3 Å². The van der Waals surface area contributed by atoms with E-state index in [0.717, 1.165) is 39.3 Å². The Kier molecular flexibility index (Phi) is 6.92. The average molecular weight is 216 g/mol. The lowest BCUT2D eigenvalue weighted by Crippen LogP contribution is -2.44. The Labute approximate surface area is 92.7 Å². The Hall–Kier alpha value is -0.160. The van der Waals surface area contributed by atoms with Gasteiger partial charge in [0, 0.05) is 39.5 Å². The van der Waals surface area contributed by atoms with Crippen molar-refractivity contribution in [3.05, 3.63) is 0 Å². The SMILES string of the molecule is COCCCOCCN1CCCC(N)C1. The fourth-order valence-corrected chi connectivity index (χ4v) is 1.90. The van der Waals surface area contributed by atoms with Gasteiger partial charge in [-0.2, -0.15) is 0 Å². The van der Waals surface area contributed by atoms with Crippen LogP contribution < -0.4 is 5.73 Å². The first-order valence-corrected chi connectivity index (χ1v) is 5.87. The predicted octanol–water partition coefficient (Wildman–Crippen LogP) is 0.463. The van der Waals surface area contributed by atoms with E-state index in [0.29, 0.717) is 6.04 Å². The highest BCUT2D eigenvalue weighted by Crippen LogP contribution is 2.07. The van der Waals surface area contributed by atoms with Gasteiger partial charge in [-0.15, -0.1) is 0 Å². The van der Waals surface area contributed by atoms with Crippen molar-refractivity contribution in [2.45, 2.75) is 25.3 Å². The molecule has 0 radical (unpaired) electrons. The molecule has 1 fully saturated rings. The molecule has 0 aromatic heterocycles. The van der Waals surface area contributed by atoms with Crippen molar-refractivity contribution in [3.63, 3.8) is 0 Å². The van der Waals surface area contributed by atoms with Crippen molar-refractivity contribution in [2.75, 3.05) is 46.6 Å². The summed E-state index contributed by atoms with van der Waals surface area (Å²) in [5.74, 6) is 0. The monoisotopic (exact) mass is 216 g/mol. The van der Waals surface area contributed by atoms with E-state index in [1.165, 1.54) is 19.4 Å². The molecule has 0 bridgehead atoms. The normalized spacial score (nSPS) is 23.2. The number of hydrogen-bond acceptors (Lipinski definition) is 4. The Morgan fingerprint density at radius 3 is 2.93 bits per heavy atom. The van der Waals surface area contributed by atoms with Gasteiger partial charge < -0.3 is 15.2 Å². The van der Waals surface area contributed by atoms with Crippen LogP contribution in [0.15, 0.2) is 0 Å². The maximum absolute atomic E-state index is 5.90. The molecule has 1 heterocycles. The van der Waals surface area contributed by atoms with E-state index >= 15 is 0 Å². The molecule has 2 N–H and O–H groups in total. The zero-order chi connectivity index (χ0) is 10.9. The van der Waals surface area contributed by atoms with Gasteiger partial charge in [0.1, 0.15) is 0 Å². The average Bonchev–Trinajstić information content (AvgIpc) is 2.23. The van der Waals surface area contributed by atoms with Gasteiger partial charge in [0.15, 0.2) is 0 Å². The smallest absolute Gasteiger partial charge is 0.0593 e. The molecule has 1 saturated heterocycles. The highest BCUT2D eigenvalue weighted by Gasteiger charge is 2.15. The fraction of sp³-hybridized carbons (Fsp3) is 1.00. The van der Waals surface area contributed by atoms with E-state index in [1.54, 1.807) is 7.11 Å². The third-order valence-corrected chi connectivity index (χ3v) is 2.73. The largest absolute Gasteiger partial charge is 0.385 e. The van der Waals surface area contributed by atoms with Gasteiger partial charge in [-0.3, -0.25) is 4.90 Å². The summed E-state index contributed by atoms with van der Waals surface area (Å²) >= 11 is 0. The van der Waals surface area contributed by atoms with Crippen LogP contribution >= 0.6 is 0 Å². The number of hydrogen-bond donors (Lipinski definition) is 1. The van der Waals surface area contributed by atoms with Crippen LogP contribution in [0.2, 0.25) is 0 Å². The summed E-state index contributed by atoms with van der Waals surface area (Å²) in [7, 11) is 1.72. The van der Waals surface area contributed by atoms with E-state index in [9.17, 15) is 0 Å². The molecule has 4 heteroatoms. The number of likely N-dealkylation sites (tertiary alicyclic amines) is 1. The minimum Gasteiger partial charge on any atom is -0.385 e. The van der Waals surface area contributed by atoms with E-state index in [2.05, 4.69) is 4.90 Å². The Morgan fingerprint density at radius 1 is 1.33 bits per heavy atom. The number of nitrogens with two attached hydrogens (primary N) is 1. The fourth-order valence-electron chi connectivity index (χ4n) is 1.90. The Morgan fingerprint density at radius 2 is 2.20 bits per heavy atom. The summed E-state index contributed by atoms with van der Waals surface area (Å²) in [5.41, 5.74) is 5.90. The molecule has 4 nitrogen and oxygen atoms in total. The predicted molar refractivity (Wildman–Crippen MR) is 61.0 cm³/mol. The van der Waals surface area contributed by atoms with E-state index in [-0.39, 0.29) is 0 Å². The molecule has 0 aromatic carbocycles. The topological polar surface area (TPSA) is 47.7 Å². The third-order valence-electron chi connectivity index (χ3n) is 2.73. The van der Waals surface area contributed by atoms with Crippen molar-refractivity contribution < 1.29 is 9.47 Å². The molecular formula is C11H24N2O2. The zero-order valence-corrected chi connectivity index (χ0v) is 9.78. The molecule has 1 unspecified atom stereocenters. The molecule has 1 rings (SSSR count). The second-order valence-corrected chi connectivity index (χ2v) is 4.16. The van der Waals surface area contributed by atoms with Gasteiger partial charge in [0.05, 0.1) is 6.61 Å². The van der Waals surface area contributed by atoms with Crippen LogP contribution in [-0.4, -0.2) is 57.5 Å². The molecule has 1 atom stereocenters. The van der Waals surface area contributed by atoms with Gasteiger partial charge >= 0.3 is 0 Å². The number of nitrogens with zero attached hydrogens (tertiary/aromatic N) is 1. The first kappa shape index (κ1) is 12.9. The maximum Gasteiger partial charge on any atom is 0.0593 e. The van der Waals surface area contributed by atoms with Crippen molar-refractivity contribution in [2.24, 2.45) is 5.73 Å². The molecule has 1 aliphatic heterocycles. The van der Waals surface area contributed by atoms with Crippen molar-refractivity contribution >= 4 is 0 Å². The van der Waals surface area contributed by atoms with Gasteiger partial charge in [-0.05, 0) is 25.8 Å². The van der Waals surface area contributed by atoms with Crippen LogP contribution in [0.3, 0.4) is 0 Å². The van der Waals surface area contributed by atoms with E-state index < -0.39 is 0 Å². The van der Waals surface area contributed by atoms with Gasteiger partial charge in [-0.25, -0.2) is 0 Å². The zero-order valence-electron chi connectivity index (χ0n) is 9.78. The molecule has 0 saturated carbocycles. The van der Waals surface area contributed by atoms with Gasteiger partial charge in [0.2, 0.25) is 0 Å². The molecule has 1 aliphatic rings. The highest BCUT2D eigenvalue weighted by atomic mass is 16.5. The van der Waals surface area contributed by atoms with Crippen LogP contribution in [-0.2, 0) is 9.47 Å². The van der Waals surface area contributed by atoms with Gasteiger partial charge in [-0.1, -0.05) is 0 Å². The molecule has 0 aliphatic carbocycles. The summed E-state index contributed by atoms with van der Waals surface area (Å²) in [6.45, 7) is 5.62. The summed E-state index contributed by atoms with van der Waals surface area (Å²) < 4.78 is 10.5. The standard InChI is InChI=1S/C11H24N2O2/c1-14-7-3-8-15-9-6-13-5-2-4-11(12)10-13/h11H,2-10,12H2,1H3. The summed E-state index contributed by atoms with van der Waals surface area (Å²) in [4.78, 5) is 2.39. The van der Waals surface area contributed by atoms with Gasteiger partial charge in [0.25, 0.3) is 0 Å². The minimum atomic E-state index is 0.368. The highest BCUT2D eigenvalue weighted by molar-refractivity contribution is 4.74. The van der Waals surface area contributed by atoms with Crippen molar-refractivity contribution in [1.29, 1.82) is 0 Å². The summed E-state index contributed by atoms with van der Waals surface area (Å²) in [6.07, 6.45) is 3.38. The lowest BCUT2D eigenvalue weighted by atomic mass is 10.1.